The Labute approximate surface area is 202 Å². The Morgan fingerprint density at radius 2 is 1.79 bits per heavy atom. The smallest absolute Gasteiger partial charge is 0.328 e. The number of halogens is 1. The minimum absolute atomic E-state index is 0. The zero-order chi connectivity index (χ0) is 23.3. The first-order chi connectivity index (χ1) is 15.2. The molecule has 0 aliphatic heterocycles. The van der Waals surface area contributed by atoms with Gasteiger partial charge in [0.1, 0.15) is 4.64 Å². The third kappa shape index (κ3) is 6.76. The number of pyridine rings is 1. The van der Waals surface area contributed by atoms with Gasteiger partial charge in [-0.05, 0) is 37.1 Å². The van der Waals surface area contributed by atoms with E-state index in [4.69, 9.17) is 23.7 Å². The third-order valence-electron chi connectivity index (χ3n) is 5.02. The lowest BCUT2D eigenvalue weighted by Crippen LogP contribution is -2.45. The van der Waals surface area contributed by atoms with Crippen molar-refractivity contribution in [1.29, 1.82) is 0 Å². The number of carbonyl (C=O) groups excluding carboxylic acids is 2. The maximum Gasteiger partial charge on any atom is 0.328 e. The molecule has 1 saturated carbocycles. The van der Waals surface area contributed by atoms with Crippen molar-refractivity contribution in [2.24, 2.45) is 16.5 Å². The summed E-state index contributed by atoms with van der Waals surface area (Å²) in [5.41, 5.74) is 11.1. The molecule has 1 aromatic heterocycles. The van der Waals surface area contributed by atoms with Gasteiger partial charge in [-0.3, -0.25) is 4.79 Å². The van der Waals surface area contributed by atoms with Crippen LogP contribution in [0, 0.1) is 4.64 Å². The summed E-state index contributed by atoms with van der Waals surface area (Å²) in [6.07, 6.45) is 6.23. The molecule has 10 nitrogen and oxygen atoms in total. The van der Waals surface area contributed by atoms with Crippen LogP contribution in [0.5, 0.6) is 0 Å². The number of aliphatic imine (C=N–C) groups is 1. The first kappa shape index (κ1) is 26.3. The average molecular weight is 513 g/mol. The fraction of sp³-hybridized carbons (Fsp3) is 0.300. The minimum Gasteiger partial charge on any atom is -0.370 e. The number of aromatic nitrogens is 1. The molecule has 1 aliphatic rings. The molecular weight excluding hydrogens is 488 g/mol. The molecule has 7 N–H and O–H groups in total. The van der Waals surface area contributed by atoms with Gasteiger partial charge in [-0.1, -0.05) is 37.5 Å². The summed E-state index contributed by atoms with van der Waals surface area (Å²) in [7, 11) is -4.38. The van der Waals surface area contributed by atoms with E-state index in [1.807, 2.05) is 4.72 Å². The number of aromatic amines is 1. The molecule has 1 aromatic carbocycles. The van der Waals surface area contributed by atoms with Gasteiger partial charge >= 0.3 is 6.03 Å². The number of carbonyl (C=O) groups is 2. The van der Waals surface area contributed by atoms with Crippen LogP contribution in [0.3, 0.4) is 0 Å². The van der Waals surface area contributed by atoms with Crippen molar-refractivity contribution in [3.63, 3.8) is 0 Å². The van der Waals surface area contributed by atoms with Gasteiger partial charge in [0.05, 0.1) is 4.90 Å². The topological polar surface area (TPSA) is 173 Å². The van der Waals surface area contributed by atoms with Gasteiger partial charge in [0, 0.05) is 28.9 Å². The average Bonchev–Trinajstić information content (AvgIpc) is 2.73. The summed E-state index contributed by atoms with van der Waals surface area (Å²) < 4.78 is 28.7. The summed E-state index contributed by atoms with van der Waals surface area (Å²) in [5.74, 6) is -1.28. The Bertz CT molecular complexity index is 1220. The Kier molecular flexibility index (Phi) is 8.97. The number of guanidine groups is 1. The zero-order valence-corrected chi connectivity index (χ0v) is 20.0. The van der Waals surface area contributed by atoms with Crippen LogP contribution in [-0.2, 0) is 10.0 Å². The quantitative estimate of drug-likeness (QED) is 0.232. The van der Waals surface area contributed by atoms with Crippen molar-refractivity contribution in [3.05, 3.63) is 46.7 Å². The molecule has 0 atom stereocenters. The lowest BCUT2D eigenvalue weighted by molar-refractivity contribution is 0.100. The molecular formula is C20H25ClN6O4S2. The summed E-state index contributed by atoms with van der Waals surface area (Å²) in [4.78, 5) is 30.7. The highest BCUT2D eigenvalue weighted by Crippen LogP contribution is 2.29. The molecule has 3 amide bonds. The van der Waals surface area contributed by atoms with Crippen LogP contribution < -0.4 is 21.5 Å². The standard InChI is InChI=1S/C20H24N6O4S2.ClH/c21-19(22)25-17(27)12-8-9-14(15-7-4-10-23-18(15)31)16(11-12)32(29,30)26-20(28)24-13-5-2-1-3-6-13;/h4,7-11,13H,1-3,5-6H2,(H,23,31)(H2,24,26,28)(H4,21,22,25,27);1H. The van der Waals surface area contributed by atoms with E-state index in [9.17, 15) is 18.0 Å². The number of urea groups is 1. The Hall–Kier alpha value is -2.96. The van der Waals surface area contributed by atoms with E-state index in [0.29, 0.717) is 10.2 Å². The molecule has 3 rings (SSSR count). The molecule has 1 fully saturated rings. The van der Waals surface area contributed by atoms with Crippen LogP contribution >= 0.6 is 24.6 Å². The number of rotatable bonds is 5. The van der Waals surface area contributed by atoms with Crippen LogP contribution in [0.2, 0.25) is 0 Å². The fourth-order valence-electron chi connectivity index (χ4n) is 3.55. The maximum absolute atomic E-state index is 13.2. The molecule has 0 unspecified atom stereocenters. The van der Waals surface area contributed by atoms with Crippen molar-refractivity contribution in [2.75, 3.05) is 0 Å². The van der Waals surface area contributed by atoms with Crippen molar-refractivity contribution in [1.82, 2.24) is 15.0 Å². The summed E-state index contributed by atoms with van der Waals surface area (Å²) in [5, 5.41) is 2.70. The van der Waals surface area contributed by atoms with Gasteiger partial charge in [0.2, 0.25) is 0 Å². The number of benzene rings is 1. The second kappa shape index (κ2) is 11.3. The first-order valence-corrected chi connectivity index (χ1v) is 11.9. The van der Waals surface area contributed by atoms with E-state index in [2.05, 4.69) is 15.3 Å². The molecule has 0 bridgehead atoms. The predicted octanol–water partition coefficient (Wildman–Crippen LogP) is 2.57. The number of nitrogens with two attached hydrogens (primary N) is 2. The second-order valence-electron chi connectivity index (χ2n) is 7.38. The molecule has 13 heteroatoms. The van der Waals surface area contributed by atoms with Crippen LogP contribution in [0.1, 0.15) is 42.5 Å². The number of amides is 3. The third-order valence-corrected chi connectivity index (χ3v) is 6.73. The summed E-state index contributed by atoms with van der Waals surface area (Å²) in [6, 6.07) is 6.28. The van der Waals surface area contributed by atoms with Gasteiger partial charge in [0.15, 0.2) is 5.96 Å². The molecule has 178 valence electrons. The van der Waals surface area contributed by atoms with E-state index in [1.165, 1.54) is 12.1 Å². The number of hydrogen-bond acceptors (Lipinski definition) is 5. The SMILES string of the molecule is Cl.NC(N)=NC(=O)c1ccc(-c2ccc[nH]c2=S)c(S(=O)(=O)NC(=O)NC2CCCCC2)c1. The number of H-pyrrole nitrogens is 1. The molecule has 0 saturated heterocycles. The molecule has 33 heavy (non-hydrogen) atoms. The van der Waals surface area contributed by atoms with E-state index in [-0.39, 0.29) is 34.5 Å². The van der Waals surface area contributed by atoms with Gasteiger partial charge in [-0.25, -0.2) is 17.9 Å². The fourth-order valence-corrected chi connectivity index (χ4v) is 4.96. The lowest BCUT2D eigenvalue weighted by Gasteiger charge is -2.23. The number of sulfonamides is 1. The van der Waals surface area contributed by atoms with E-state index < -0.39 is 27.9 Å². The Morgan fingerprint density at radius 1 is 1.09 bits per heavy atom. The van der Waals surface area contributed by atoms with Crippen molar-refractivity contribution in [3.8, 4) is 11.1 Å². The molecule has 0 spiro atoms. The van der Waals surface area contributed by atoms with Crippen LogP contribution in [0.25, 0.3) is 11.1 Å². The normalized spacial score (nSPS) is 13.9. The lowest BCUT2D eigenvalue weighted by atomic mass is 9.96. The highest BCUT2D eigenvalue weighted by molar-refractivity contribution is 7.90. The van der Waals surface area contributed by atoms with E-state index >= 15 is 0 Å². The van der Waals surface area contributed by atoms with Crippen LogP contribution in [-0.4, -0.2) is 37.3 Å². The maximum atomic E-state index is 13.2. The minimum atomic E-state index is -4.38. The molecule has 0 radical (unpaired) electrons. The van der Waals surface area contributed by atoms with Crippen LogP contribution in [0.15, 0.2) is 46.4 Å². The largest absolute Gasteiger partial charge is 0.370 e. The second-order valence-corrected chi connectivity index (χ2v) is 9.44. The first-order valence-electron chi connectivity index (χ1n) is 9.97. The monoisotopic (exact) mass is 512 g/mol. The number of hydrogen-bond donors (Lipinski definition) is 5. The van der Waals surface area contributed by atoms with Crippen molar-refractivity contribution < 1.29 is 18.0 Å². The highest BCUT2D eigenvalue weighted by atomic mass is 35.5. The Morgan fingerprint density at radius 3 is 2.42 bits per heavy atom. The molecule has 2 aromatic rings. The Balaban J connectivity index is 0.00000385. The van der Waals surface area contributed by atoms with E-state index in [1.54, 1.807) is 18.3 Å². The van der Waals surface area contributed by atoms with Gasteiger partial charge in [-0.15, -0.1) is 12.4 Å². The number of nitrogens with zero attached hydrogens (tertiary/aromatic N) is 1. The van der Waals surface area contributed by atoms with E-state index in [0.717, 1.165) is 38.2 Å². The number of nitrogens with one attached hydrogen (secondary N) is 3. The van der Waals surface area contributed by atoms with Crippen molar-refractivity contribution in [2.45, 2.75) is 43.0 Å². The highest BCUT2D eigenvalue weighted by Gasteiger charge is 2.26. The summed E-state index contributed by atoms with van der Waals surface area (Å²) in [6.45, 7) is 0. The molecule has 1 aliphatic carbocycles. The predicted molar refractivity (Wildman–Crippen MR) is 130 cm³/mol. The van der Waals surface area contributed by atoms with Crippen molar-refractivity contribution >= 4 is 52.5 Å². The summed E-state index contributed by atoms with van der Waals surface area (Å²) >= 11 is 5.28. The van der Waals surface area contributed by atoms with Gasteiger partial charge in [-0.2, -0.15) is 4.99 Å². The van der Waals surface area contributed by atoms with Gasteiger partial charge < -0.3 is 21.8 Å². The zero-order valence-electron chi connectivity index (χ0n) is 17.5. The van der Waals surface area contributed by atoms with Gasteiger partial charge in [0.25, 0.3) is 15.9 Å². The molecule has 1 heterocycles. The van der Waals surface area contributed by atoms with Crippen LogP contribution in [0.4, 0.5) is 4.79 Å².